The lowest BCUT2D eigenvalue weighted by atomic mass is 9.89. The van der Waals surface area contributed by atoms with Crippen molar-refractivity contribution in [2.75, 3.05) is 13.1 Å². The predicted molar refractivity (Wildman–Crippen MR) is 112 cm³/mol. The molecule has 1 saturated heterocycles. The molecule has 0 spiro atoms. The van der Waals surface area contributed by atoms with Gasteiger partial charge >= 0.3 is 0 Å². The van der Waals surface area contributed by atoms with Crippen LogP contribution in [0, 0.1) is 0 Å². The fourth-order valence-electron chi connectivity index (χ4n) is 3.78. The van der Waals surface area contributed by atoms with Gasteiger partial charge in [-0.25, -0.2) is 0 Å². The number of carbonyl (C=O) groups excluding carboxylic acids is 1. The fourth-order valence-corrected chi connectivity index (χ4v) is 3.78. The highest BCUT2D eigenvalue weighted by atomic mass is 16.1. The van der Waals surface area contributed by atoms with Crippen LogP contribution in [0.2, 0.25) is 0 Å². The molecule has 1 fully saturated rings. The molecule has 1 aliphatic heterocycles. The summed E-state index contributed by atoms with van der Waals surface area (Å²) in [7, 11) is 5.45. The van der Waals surface area contributed by atoms with E-state index in [0.717, 1.165) is 24.9 Å². The summed E-state index contributed by atoms with van der Waals surface area (Å²) in [6.07, 6.45) is 5.72. The van der Waals surface area contributed by atoms with Crippen LogP contribution in [0.15, 0.2) is 78.6 Å². The Balaban J connectivity index is 1.66. The smallest absolute Gasteiger partial charge is 0.200 e. The van der Waals surface area contributed by atoms with E-state index in [1.54, 1.807) is 4.90 Å². The first kappa shape index (κ1) is 18.3. The van der Waals surface area contributed by atoms with E-state index in [-0.39, 0.29) is 5.81 Å². The first-order chi connectivity index (χ1) is 13.7. The third kappa shape index (κ3) is 4.09. The number of aromatic nitrogens is 2. The molecule has 1 aromatic heterocycles. The quantitative estimate of drug-likeness (QED) is 0.651. The number of rotatable bonds is 4. The lowest BCUT2D eigenvalue weighted by Crippen LogP contribution is -2.35. The molecule has 0 N–H and O–H groups in total. The second kappa shape index (κ2) is 8.30. The molecule has 2 aromatic carbocycles. The molecule has 0 saturated carbocycles. The number of hydrogen-bond acceptors (Lipinski definition) is 2. The molecule has 2 radical (unpaired) electrons. The van der Waals surface area contributed by atoms with Gasteiger partial charge in [0.1, 0.15) is 0 Å². The van der Waals surface area contributed by atoms with Crippen LogP contribution in [0.4, 0.5) is 4.79 Å². The van der Waals surface area contributed by atoms with Gasteiger partial charge in [-0.3, -0.25) is 9.48 Å². The summed E-state index contributed by atoms with van der Waals surface area (Å²) in [4.78, 5) is 13.2. The zero-order chi connectivity index (χ0) is 19.3. The van der Waals surface area contributed by atoms with Crippen LogP contribution in [-0.2, 0) is 6.54 Å². The molecule has 0 atom stereocenters. The third-order valence-corrected chi connectivity index (χ3v) is 5.20. The minimum absolute atomic E-state index is 0.337. The van der Waals surface area contributed by atoms with E-state index in [2.05, 4.69) is 47.7 Å². The molecular formula is C23H22BN3O. The van der Waals surface area contributed by atoms with E-state index in [4.69, 9.17) is 7.85 Å². The molecule has 0 unspecified atom stereocenters. The van der Waals surface area contributed by atoms with Crippen molar-refractivity contribution in [2.45, 2.75) is 19.4 Å². The minimum atomic E-state index is -0.337. The molecule has 4 nitrogen and oxygen atoms in total. The molecule has 1 amide bonds. The van der Waals surface area contributed by atoms with Crippen LogP contribution in [-0.4, -0.2) is 41.4 Å². The largest absolute Gasteiger partial charge is 0.352 e. The molecule has 0 bridgehead atoms. The Morgan fingerprint density at radius 1 is 0.929 bits per heavy atom. The predicted octanol–water partition coefficient (Wildman–Crippen LogP) is 4.12. The van der Waals surface area contributed by atoms with Crippen LogP contribution < -0.4 is 0 Å². The Morgan fingerprint density at radius 2 is 1.57 bits per heavy atom. The fraction of sp³-hybridized carbons (Fsp3) is 0.217. The first-order valence-electron chi connectivity index (χ1n) is 9.59. The van der Waals surface area contributed by atoms with E-state index >= 15 is 0 Å². The average Bonchev–Trinajstić information content (AvgIpc) is 3.18. The van der Waals surface area contributed by atoms with E-state index < -0.39 is 0 Å². The van der Waals surface area contributed by atoms with Crippen molar-refractivity contribution in [3.05, 3.63) is 95.3 Å². The number of amides is 1. The molecule has 3 aromatic rings. The van der Waals surface area contributed by atoms with E-state index in [1.807, 2.05) is 35.1 Å². The lowest BCUT2D eigenvalue weighted by Gasteiger charge is -2.29. The van der Waals surface area contributed by atoms with Gasteiger partial charge in [0.2, 0.25) is 7.85 Å². The Morgan fingerprint density at radius 3 is 2.21 bits per heavy atom. The van der Waals surface area contributed by atoms with E-state index in [1.165, 1.54) is 22.3 Å². The number of likely N-dealkylation sites (tertiary alicyclic amines) is 1. The van der Waals surface area contributed by atoms with Crippen LogP contribution in [0.3, 0.4) is 0 Å². The van der Waals surface area contributed by atoms with Crippen molar-refractivity contribution in [2.24, 2.45) is 0 Å². The van der Waals surface area contributed by atoms with Crippen LogP contribution in [0.1, 0.15) is 29.5 Å². The molecule has 28 heavy (non-hydrogen) atoms. The molecular weight excluding hydrogens is 345 g/mol. The molecule has 2 heterocycles. The number of carbonyl (C=O) groups is 1. The first-order valence-corrected chi connectivity index (χ1v) is 9.59. The van der Waals surface area contributed by atoms with Gasteiger partial charge in [-0.05, 0) is 29.5 Å². The van der Waals surface area contributed by atoms with Gasteiger partial charge in [0.15, 0.2) is 5.81 Å². The summed E-state index contributed by atoms with van der Waals surface area (Å²) >= 11 is 0. The number of hydrogen-bond donors (Lipinski definition) is 0. The Labute approximate surface area is 166 Å². The van der Waals surface area contributed by atoms with Gasteiger partial charge in [-0.1, -0.05) is 66.2 Å². The maximum Gasteiger partial charge on any atom is 0.200 e. The Hall–Kier alpha value is -3.08. The Kier molecular flexibility index (Phi) is 5.42. The third-order valence-electron chi connectivity index (χ3n) is 5.20. The highest BCUT2D eigenvalue weighted by molar-refractivity contribution is 6.56. The summed E-state index contributed by atoms with van der Waals surface area (Å²) in [5, 5.41) is 4.59. The van der Waals surface area contributed by atoms with E-state index in [0.29, 0.717) is 13.1 Å². The van der Waals surface area contributed by atoms with Crippen molar-refractivity contribution in [1.29, 1.82) is 0 Å². The number of nitrogens with zero attached hydrogens (tertiary/aromatic N) is 3. The normalized spacial score (nSPS) is 14.1. The second-order valence-electron chi connectivity index (χ2n) is 7.08. The van der Waals surface area contributed by atoms with Crippen LogP contribution in [0.5, 0.6) is 0 Å². The van der Waals surface area contributed by atoms with Crippen molar-refractivity contribution in [1.82, 2.24) is 14.7 Å². The zero-order valence-corrected chi connectivity index (χ0v) is 15.8. The molecule has 138 valence electrons. The van der Waals surface area contributed by atoms with Crippen LogP contribution in [0.25, 0.3) is 5.57 Å². The summed E-state index contributed by atoms with van der Waals surface area (Å²) in [5.41, 5.74) is 6.10. The van der Waals surface area contributed by atoms with Crippen molar-refractivity contribution >= 4 is 19.2 Å². The summed E-state index contributed by atoms with van der Waals surface area (Å²) in [6, 6.07) is 20.7. The topological polar surface area (TPSA) is 38.1 Å². The summed E-state index contributed by atoms with van der Waals surface area (Å²) in [5.74, 6) is -0.337. The van der Waals surface area contributed by atoms with Gasteiger partial charge in [0.25, 0.3) is 0 Å². The molecule has 5 heteroatoms. The summed E-state index contributed by atoms with van der Waals surface area (Å²) in [6.45, 7) is 2.08. The van der Waals surface area contributed by atoms with Gasteiger partial charge in [-0.2, -0.15) is 5.10 Å². The highest BCUT2D eigenvalue weighted by Crippen LogP contribution is 2.32. The Bertz CT molecular complexity index is 969. The maximum atomic E-state index is 11.5. The minimum Gasteiger partial charge on any atom is -0.352 e. The standard InChI is InChI=1S/C23H22BN3O/c24-23(28)26-13-11-20(12-14-26)22(19-9-5-2-6-10-19)21-15-25-27(17-21)16-18-7-3-1-4-8-18/h1-10,15,17H,11-14,16H2. The molecule has 4 rings (SSSR count). The maximum absolute atomic E-state index is 11.5. The van der Waals surface area contributed by atoms with Gasteiger partial charge in [0, 0.05) is 24.8 Å². The average molecular weight is 367 g/mol. The van der Waals surface area contributed by atoms with Crippen molar-refractivity contribution in [3.8, 4) is 0 Å². The molecule has 0 aliphatic carbocycles. The monoisotopic (exact) mass is 367 g/mol. The summed E-state index contributed by atoms with van der Waals surface area (Å²) < 4.78 is 1.98. The number of piperidine rings is 1. The van der Waals surface area contributed by atoms with Gasteiger partial charge < -0.3 is 4.90 Å². The molecule has 1 aliphatic rings. The van der Waals surface area contributed by atoms with Gasteiger partial charge in [0.05, 0.1) is 12.7 Å². The van der Waals surface area contributed by atoms with Crippen LogP contribution >= 0.6 is 0 Å². The SMILES string of the molecule is [B]C(=O)N1CCC(=C(c2ccccc2)c2cnn(Cc3ccccc3)c2)CC1. The van der Waals surface area contributed by atoms with Crippen molar-refractivity contribution in [3.63, 3.8) is 0 Å². The zero-order valence-electron chi connectivity index (χ0n) is 15.8. The highest BCUT2D eigenvalue weighted by Gasteiger charge is 2.20. The lowest BCUT2D eigenvalue weighted by molar-refractivity contribution is 0.217. The number of benzene rings is 2. The van der Waals surface area contributed by atoms with Crippen molar-refractivity contribution < 1.29 is 4.79 Å². The second-order valence-corrected chi connectivity index (χ2v) is 7.08. The van der Waals surface area contributed by atoms with E-state index in [9.17, 15) is 4.79 Å². The van der Waals surface area contributed by atoms with Gasteiger partial charge in [-0.15, -0.1) is 0 Å².